The van der Waals surface area contributed by atoms with E-state index in [9.17, 15) is 31.8 Å². The number of aromatic nitrogens is 14. The van der Waals surface area contributed by atoms with Gasteiger partial charge >= 0.3 is 0 Å². The number of para-hydroxylation sites is 1. The van der Waals surface area contributed by atoms with E-state index >= 15 is 0 Å². The third-order valence-corrected chi connectivity index (χ3v) is 29.0. The minimum absolute atomic E-state index is 0.151. The van der Waals surface area contributed by atoms with E-state index in [1.807, 2.05) is 112 Å². The van der Waals surface area contributed by atoms with Gasteiger partial charge in [0.05, 0.1) is 86.4 Å². The monoisotopic (exact) mass is 1860 g/mol. The van der Waals surface area contributed by atoms with Gasteiger partial charge < -0.3 is 79.7 Å². The molecule has 0 bridgehead atoms. The number of carbonyl (C=O) groups is 1. The van der Waals surface area contributed by atoms with Gasteiger partial charge in [0.2, 0.25) is 11.9 Å². The van der Waals surface area contributed by atoms with E-state index in [4.69, 9.17) is 47.1 Å². The normalized spacial score (nSPS) is 11.5. The minimum atomic E-state index is -2.45. The number of carbonyl (C=O) groups excluding carboxylic acids is 1. The first-order valence-corrected chi connectivity index (χ1v) is 51.3. The first kappa shape index (κ1) is 92.7. The van der Waals surface area contributed by atoms with Crippen molar-refractivity contribution in [3.8, 4) is 23.0 Å². The molecular weight excluding hydrogens is 1770 g/mol. The SMILES string of the molecule is CCP(=O)(CC)c1ccc(Nc2cc(Nc3ccc(Cl)cc3F)c3nccn3n2)c(OC)c1.COc1cc(P(C)(C)=O)ccc1Nc1cc(NCc2ccccc2)n2ncc(C)c2n1.COc1cc(P(C)(C)=O)ccc1Nc1cc(Nc2ccc(Cl)cc2F)n2nccc2n1.COc1cc(P(C)(C)=O)ccc1Nc1ncn2c(SCC(=O)Nc3ccccc3)nnc2n1. The van der Waals surface area contributed by atoms with Crippen LogP contribution in [0.3, 0.4) is 0 Å². The molecule has 16 aromatic rings. The molecule has 0 saturated heterocycles. The van der Waals surface area contributed by atoms with Gasteiger partial charge in [-0.3, -0.25) is 4.79 Å². The number of halogens is 4. The van der Waals surface area contributed by atoms with Crippen LogP contribution >= 0.6 is 63.5 Å². The average molecular weight is 1870 g/mol. The third kappa shape index (κ3) is 23.1. The molecule has 662 valence electrons. The van der Waals surface area contributed by atoms with E-state index in [1.165, 1.54) is 35.8 Å². The van der Waals surface area contributed by atoms with E-state index in [0.717, 1.165) is 49.6 Å². The smallest absolute Gasteiger partial charge is 0.260 e. The number of anilines is 14. The number of ether oxygens (including phenoxy) is 4. The average Bonchev–Trinajstić information content (AvgIpc) is 1.62. The van der Waals surface area contributed by atoms with E-state index in [0.29, 0.717) is 126 Å². The summed E-state index contributed by atoms with van der Waals surface area (Å²) in [6, 6.07) is 57.0. The zero-order valence-corrected chi connectivity index (χ0v) is 77.7. The molecule has 31 nitrogen and oxygen atoms in total. The molecular formula is C88H92Cl2F2N22O9P4S. The van der Waals surface area contributed by atoms with Crippen molar-refractivity contribution in [2.75, 3.05) is 129 Å². The van der Waals surface area contributed by atoms with Gasteiger partial charge in [0.15, 0.2) is 27.9 Å². The third-order valence-electron chi connectivity index (χ3n) is 19.7. The lowest BCUT2D eigenvalue weighted by Crippen LogP contribution is -2.14. The van der Waals surface area contributed by atoms with Gasteiger partial charge in [0.25, 0.3) is 5.78 Å². The second-order valence-corrected chi connectivity index (χ2v) is 44.9. The van der Waals surface area contributed by atoms with Crippen LogP contribution in [0.4, 0.5) is 89.3 Å². The Kier molecular flexibility index (Phi) is 29.6. The lowest BCUT2D eigenvalue weighted by molar-refractivity contribution is -0.113. The highest BCUT2D eigenvalue weighted by molar-refractivity contribution is 7.99. The van der Waals surface area contributed by atoms with Crippen LogP contribution in [0.25, 0.3) is 22.7 Å². The molecule has 0 fully saturated rings. The predicted molar refractivity (Wildman–Crippen MR) is 512 cm³/mol. The van der Waals surface area contributed by atoms with E-state index in [2.05, 4.69) is 100 Å². The second-order valence-electron chi connectivity index (χ2n) is 29.8. The first-order chi connectivity index (χ1) is 61.3. The fraction of sp³-hybridized carbons (Fsp3) is 0.193. The zero-order chi connectivity index (χ0) is 91.2. The molecule has 0 saturated carbocycles. The standard InChI is InChI=1S/C23H24ClFN5O2P.C23H26N5O2P.C21H20ClFN5O2P.C21H22N7O3PS/c1-4-33(31,5-2)16-7-9-19(21(13-16)32-3)28-22-14-20(23-26-10-11-30(23)29-22)27-18-8-6-15(24)12-17(18)25;1-16-14-25-28-22(24-15-17-8-6-5-7-9-17)13-21(27-23(16)28)26-19-11-10-18(31(3,4)29)12-20(19)30-2;1-30-18-11-14(31(2,3)29)5-7-17(18)25-19-12-21(28-20(27-19)8-9-24-28)26-16-6-4-13(22)10-15(16)23;1-31-17-11-15(32(2,3)30)9-10-16(17)24-19-22-13-28-20(25-19)26-27-21(28)33-12-18(29)23-14-7-5-4-6-8-14/h6-14,27H,4-5H2,1-3H3,(H,28,29);5-14,24H,15H2,1-4H3,(H,26,27);4-12,26H,1-3H3,(H,25,27);4-11,13H,12H2,1-3H3,(H,23,29)(H,24,25,26). The van der Waals surface area contributed by atoms with Crippen LogP contribution in [0, 0.1) is 18.6 Å². The van der Waals surface area contributed by atoms with Crippen molar-refractivity contribution in [3.63, 3.8) is 0 Å². The highest BCUT2D eigenvalue weighted by Crippen LogP contribution is 2.46. The Morgan fingerprint density at radius 1 is 0.492 bits per heavy atom. The topological polar surface area (TPSA) is 365 Å². The highest BCUT2D eigenvalue weighted by atomic mass is 35.5. The first-order valence-electron chi connectivity index (χ1n) is 39.7. The summed E-state index contributed by atoms with van der Waals surface area (Å²) in [6.45, 7) is 16.8. The Bertz CT molecular complexity index is 6920. The molecule has 0 unspecified atom stereocenters. The van der Waals surface area contributed by atoms with E-state index < -0.39 is 40.2 Å². The van der Waals surface area contributed by atoms with Crippen molar-refractivity contribution in [3.05, 3.63) is 258 Å². The number of imidazole rings is 1. The van der Waals surface area contributed by atoms with Crippen LogP contribution in [0.5, 0.6) is 23.0 Å². The Hall–Kier alpha value is -12.9. The number of amides is 1. The minimum Gasteiger partial charge on any atom is -0.495 e. The van der Waals surface area contributed by atoms with Crippen molar-refractivity contribution in [2.45, 2.75) is 32.5 Å². The van der Waals surface area contributed by atoms with Crippen molar-refractivity contribution >= 4 is 194 Å². The lowest BCUT2D eigenvalue weighted by atomic mass is 10.2. The van der Waals surface area contributed by atoms with Gasteiger partial charge in [0, 0.05) is 98.0 Å². The number of hydrogen-bond acceptors (Lipinski definition) is 27. The number of rotatable bonds is 29. The van der Waals surface area contributed by atoms with Crippen LogP contribution < -0.4 is 82.7 Å². The van der Waals surface area contributed by atoms with E-state index in [1.54, 1.807) is 190 Å². The van der Waals surface area contributed by atoms with Crippen molar-refractivity contribution in [1.29, 1.82) is 0 Å². The summed E-state index contributed by atoms with van der Waals surface area (Å²) in [7, 11) is -3.42. The summed E-state index contributed by atoms with van der Waals surface area (Å²) in [6.07, 6.45) is 9.43. The molecule has 0 aliphatic rings. The molecule has 0 radical (unpaired) electrons. The summed E-state index contributed by atoms with van der Waals surface area (Å²) in [5.41, 5.74) is 8.51. The van der Waals surface area contributed by atoms with Crippen LogP contribution in [-0.4, -0.2) is 161 Å². The van der Waals surface area contributed by atoms with Gasteiger partial charge in [-0.1, -0.05) is 97.3 Å². The van der Waals surface area contributed by atoms with Gasteiger partial charge in [-0.2, -0.15) is 24.2 Å². The molecule has 0 aliphatic carbocycles. The second kappa shape index (κ2) is 40.8. The summed E-state index contributed by atoms with van der Waals surface area (Å²) < 4.78 is 108. The number of nitrogens with zero attached hydrogens (tertiary/aromatic N) is 14. The van der Waals surface area contributed by atoms with Crippen LogP contribution in [0.15, 0.2) is 230 Å². The summed E-state index contributed by atoms with van der Waals surface area (Å²) in [5, 5.41) is 50.8. The molecule has 0 spiro atoms. The molecule has 0 aliphatic heterocycles. The summed E-state index contributed by atoms with van der Waals surface area (Å²) in [4.78, 5) is 34.5. The van der Waals surface area contributed by atoms with Crippen LogP contribution in [0.1, 0.15) is 25.0 Å². The van der Waals surface area contributed by atoms with Gasteiger partial charge in [0.1, 0.15) is 92.8 Å². The number of benzene rings is 8. The molecule has 16 rings (SSSR count). The van der Waals surface area contributed by atoms with Gasteiger partial charge in [-0.05, 0) is 174 Å². The Morgan fingerprint density at radius 2 is 1.01 bits per heavy atom. The molecule has 40 heteroatoms. The lowest BCUT2D eigenvalue weighted by Gasteiger charge is -2.18. The van der Waals surface area contributed by atoms with Gasteiger partial charge in [-0.15, -0.1) is 15.3 Å². The maximum Gasteiger partial charge on any atom is 0.260 e. The highest BCUT2D eigenvalue weighted by Gasteiger charge is 2.25. The Morgan fingerprint density at radius 3 is 1.56 bits per heavy atom. The molecule has 8 aromatic heterocycles. The number of fused-ring (bicyclic) bond motifs is 4. The van der Waals surface area contributed by atoms with Crippen molar-refractivity contribution < 1.29 is 50.8 Å². The predicted octanol–water partition coefficient (Wildman–Crippen LogP) is 19.2. The van der Waals surface area contributed by atoms with Crippen molar-refractivity contribution in [1.82, 2.24) is 68.4 Å². The quantitative estimate of drug-likeness (QED) is 0.0159. The molecule has 8 aromatic carbocycles. The fourth-order valence-electron chi connectivity index (χ4n) is 12.9. The summed E-state index contributed by atoms with van der Waals surface area (Å²) >= 11 is 12.9. The number of hydrogen-bond donors (Lipinski definition) is 8. The molecule has 8 N–H and O–H groups in total. The number of aryl methyl sites for hydroxylation is 1. The van der Waals surface area contributed by atoms with Crippen molar-refractivity contribution in [2.24, 2.45) is 0 Å². The number of nitrogens with one attached hydrogen (secondary N) is 8. The van der Waals surface area contributed by atoms with Crippen LogP contribution in [0.2, 0.25) is 10.0 Å². The maximum absolute atomic E-state index is 14.4. The molecule has 1 amide bonds. The molecule has 8 heterocycles. The van der Waals surface area contributed by atoms with Crippen LogP contribution in [-0.2, 0) is 29.6 Å². The number of methoxy groups -OCH3 is 4. The number of thioether (sulfide) groups is 1. The molecule has 128 heavy (non-hydrogen) atoms. The Balaban J connectivity index is 0.000000146. The fourth-order valence-corrected chi connectivity index (χ4v) is 18.3. The largest absolute Gasteiger partial charge is 0.495 e. The maximum atomic E-state index is 14.4. The zero-order valence-electron chi connectivity index (χ0n) is 71.8. The van der Waals surface area contributed by atoms with E-state index in [-0.39, 0.29) is 23.0 Å². The Labute approximate surface area is 750 Å². The molecule has 0 atom stereocenters. The van der Waals surface area contributed by atoms with Gasteiger partial charge in [-0.25, -0.2) is 37.6 Å². The summed E-state index contributed by atoms with van der Waals surface area (Å²) in [5.74, 6) is 4.89.